The molecule has 0 spiro atoms. The Hall–Kier alpha value is -1.55. The van der Waals surface area contributed by atoms with Gasteiger partial charge in [-0.25, -0.2) is 0 Å². The van der Waals surface area contributed by atoms with Crippen LogP contribution in [0.4, 0.5) is 5.69 Å². The van der Waals surface area contributed by atoms with Gasteiger partial charge < -0.3 is 10.1 Å². The normalized spacial score (nSPS) is 12.9. The number of aromatic nitrogens is 1. The minimum absolute atomic E-state index is 0.770. The van der Waals surface area contributed by atoms with Gasteiger partial charge in [-0.15, -0.1) is 0 Å². The van der Waals surface area contributed by atoms with Crippen molar-refractivity contribution in [3.8, 4) is 5.75 Å². The van der Waals surface area contributed by atoms with Gasteiger partial charge in [-0.05, 0) is 51.3 Å². The number of nitrogens with one attached hydrogen (secondary N) is 1. The fourth-order valence-corrected chi connectivity index (χ4v) is 2.47. The molecular weight excluding hydrogens is 292 g/mol. The van der Waals surface area contributed by atoms with Crippen LogP contribution < -0.4 is 10.1 Å². The van der Waals surface area contributed by atoms with Crippen LogP contribution in [-0.2, 0) is 13.0 Å². The largest absolute Gasteiger partial charge is 0.493 e. The van der Waals surface area contributed by atoms with E-state index in [-0.39, 0.29) is 0 Å². The number of benzene rings is 1. The van der Waals surface area contributed by atoms with Crippen molar-refractivity contribution in [2.75, 3.05) is 11.9 Å². The van der Waals surface area contributed by atoms with Gasteiger partial charge >= 0.3 is 0 Å². The highest BCUT2D eigenvalue weighted by Crippen LogP contribution is 2.28. The number of pyridine rings is 1. The molecule has 0 fully saturated rings. The number of nitrogens with zero attached hydrogens (tertiary/aromatic N) is 1. The molecule has 1 aliphatic heterocycles. The Morgan fingerprint density at radius 1 is 1.28 bits per heavy atom. The SMILES string of the molecule is Brc1cncc(CNc2ccc3c(c2)CCO3)c1. The fraction of sp³-hybridized carbons (Fsp3) is 0.214. The highest BCUT2D eigenvalue weighted by Gasteiger charge is 2.11. The van der Waals surface area contributed by atoms with Gasteiger partial charge in [-0.3, -0.25) is 4.98 Å². The predicted octanol–water partition coefficient (Wildman–Crippen LogP) is 3.39. The molecular formula is C14H13BrN2O. The second kappa shape index (κ2) is 4.98. The van der Waals surface area contributed by atoms with Gasteiger partial charge in [0.15, 0.2) is 0 Å². The standard InChI is InChI=1S/C14H13BrN2O/c15-12-5-10(7-16-9-12)8-17-13-1-2-14-11(6-13)3-4-18-14/h1-2,5-7,9,17H,3-4,8H2. The highest BCUT2D eigenvalue weighted by atomic mass is 79.9. The first kappa shape index (κ1) is 11.5. The summed E-state index contributed by atoms with van der Waals surface area (Å²) < 4.78 is 6.49. The third kappa shape index (κ3) is 2.48. The van der Waals surface area contributed by atoms with Gasteiger partial charge in [0.2, 0.25) is 0 Å². The lowest BCUT2D eigenvalue weighted by atomic mass is 10.1. The van der Waals surface area contributed by atoms with Crippen LogP contribution in [0.15, 0.2) is 41.1 Å². The summed E-state index contributed by atoms with van der Waals surface area (Å²) in [6.45, 7) is 1.57. The topological polar surface area (TPSA) is 34.2 Å². The van der Waals surface area contributed by atoms with Crippen molar-refractivity contribution in [2.45, 2.75) is 13.0 Å². The predicted molar refractivity (Wildman–Crippen MR) is 74.9 cm³/mol. The average molecular weight is 305 g/mol. The summed E-state index contributed by atoms with van der Waals surface area (Å²) in [5.41, 5.74) is 3.56. The summed E-state index contributed by atoms with van der Waals surface area (Å²) in [6, 6.07) is 8.31. The molecule has 0 saturated heterocycles. The van der Waals surface area contributed by atoms with Crippen LogP contribution in [0.25, 0.3) is 0 Å². The maximum absolute atomic E-state index is 5.49. The lowest BCUT2D eigenvalue weighted by molar-refractivity contribution is 0.357. The van der Waals surface area contributed by atoms with Crippen molar-refractivity contribution < 1.29 is 4.74 Å². The quantitative estimate of drug-likeness (QED) is 0.944. The fourth-order valence-electron chi connectivity index (χ4n) is 2.05. The van der Waals surface area contributed by atoms with Crippen molar-refractivity contribution in [1.82, 2.24) is 4.98 Å². The Morgan fingerprint density at radius 3 is 3.11 bits per heavy atom. The number of anilines is 1. The third-order valence-corrected chi connectivity index (χ3v) is 3.38. The Labute approximate surface area is 114 Å². The molecule has 1 aromatic heterocycles. The lowest BCUT2D eigenvalue weighted by Crippen LogP contribution is -2.00. The van der Waals surface area contributed by atoms with Crippen molar-refractivity contribution in [2.24, 2.45) is 0 Å². The second-order valence-corrected chi connectivity index (χ2v) is 5.20. The molecule has 3 rings (SSSR count). The van der Waals surface area contributed by atoms with E-state index in [1.165, 1.54) is 5.56 Å². The molecule has 4 heteroatoms. The van der Waals surface area contributed by atoms with Crippen molar-refractivity contribution in [1.29, 1.82) is 0 Å². The molecule has 0 amide bonds. The number of hydrogen-bond donors (Lipinski definition) is 1. The van der Waals surface area contributed by atoms with E-state index >= 15 is 0 Å². The Morgan fingerprint density at radius 2 is 2.22 bits per heavy atom. The minimum atomic E-state index is 0.770. The summed E-state index contributed by atoms with van der Waals surface area (Å²) >= 11 is 3.42. The zero-order valence-corrected chi connectivity index (χ0v) is 11.4. The summed E-state index contributed by atoms with van der Waals surface area (Å²) in [6.07, 6.45) is 4.66. The van der Waals surface area contributed by atoms with Gasteiger partial charge in [0.05, 0.1) is 6.61 Å². The van der Waals surface area contributed by atoms with Crippen LogP contribution in [0, 0.1) is 0 Å². The Bertz CT molecular complexity index is 571. The lowest BCUT2D eigenvalue weighted by Gasteiger charge is -2.08. The molecule has 0 radical (unpaired) electrons. The van der Waals surface area contributed by atoms with E-state index in [4.69, 9.17) is 4.74 Å². The third-order valence-electron chi connectivity index (χ3n) is 2.95. The summed E-state index contributed by atoms with van der Waals surface area (Å²) in [4.78, 5) is 4.15. The molecule has 1 aromatic carbocycles. The van der Waals surface area contributed by atoms with E-state index < -0.39 is 0 Å². The molecule has 0 unspecified atom stereocenters. The zero-order chi connectivity index (χ0) is 12.4. The summed E-state index contributed by atoms with van der Waals surface area (Å²) in [5, 5.41) is 3.40. The first-order valence-corrected chi connectivity index (χ1v) is 6.69. The number of ether oxygens (including phenoxy) is 1. The molecule has 3 nitrogen and oxygen atoms in total. The molecule has 0 bridgehead atoms. The van der Waals surface area contributed by atoms with Crippen LogP contribution in [0.3, 0.4) is 0 Å². The minimum Gasteiger partial charge on any atom is -0.493 e. The first-order chi connectivity index (χ1) is 8.81. The van der Waals surface area contributed by atoms with E-state index in [1.54, 1.807) is 6.20 Å². The monoisotopic (exact) mass is 304 g/mol. The van der Waals surface area contributed by atoms with Crippen molar-refractivity contribution >= 4 is 21.6 Å². The van der Waals surface area contributed by atoms with E-state index in [0.29, 0.717) is 0 Å². The molecule has 1 aliphatic rings. The van der Waals surface area contributed by atoms with Gasteiger partial charge in [-0.1, -0.05) is 0 Å². The Kier molecular flexibility index (Phi) is 3.19. The molecule has 0 saturated carbocycles. The summed E-state index contributed by atoms with van der Waals surface area (Å²) in [5.74, 6) is 1.02. The summed E-state index contributed by atoms with van der Waals surface area (Å²) in [7, 11) is 0. The molecule has 18 heavy (non-hydrogen) atoms. The van der Waals surface area contributed by atoms with Crippen LogP contribution in [0.2, 0.25) is 0 Å². The van der Waals surface area contributed by atoms with Crippen LogP contribution in [0.5, 0.6) is 5.75 Å². The maximum Gasteiger partial charge on any atom is 0.122 e. The van der Waals surface area contributed by atoms with E-state index in [1.807, 2.05) is 12.3 Å². The number of fused-ring (bicyclic) bond motifs is 1. The van der Waals surface area contributed by atoms with Gasteiger partial charge in [0.25, 0.3) is 0 Å². The van der Waals surface area contributed by atoms with E-state index in [9.17, 15) is 0 Å². The van der Waals surface area contributed by atoms with Crippen LogP contribution in [-0.4, -0.2) is 11.6 Å². The smallest absolute Gasteiger partial charge is 0.122 e. The molecule has 2 aromatic rings. The van der Waals surface area contributed by atoms with E-state index in [2.05, 4.69) is 44.4 Å². The zero-order valence-electron chi connectivity index (χ0n) is 9.82. The van der Waals surface area contributed by atoms with Gasteiger partial charge in [-0.2, -0.15) is 0 Å². The molecule has 2 heterocycles. The number of rotatable bonds is 3. The molecule has 0 aliphatic carbocycles. The molecule has 92 valence electrons. The number of halogens is 1. The van der Waals surface area contributed by atoms with Gasteiger partial charge in [0.1, 0.15) is 5.75 Å². The first-order valence-electron chi connectivity index (χ1n) is 5.90. The van der Waals surface area contributed by atoms with Crippen LogP contribution >= 0.6 is 15.9 Å². The molecule has 1 N–H and O–H groups in total. The molecule has 0 atom stereocenters. The van der Waals surface area contributed by atoms with Gasteiger partial charge in [0, 0.05) is 35.5 Å². The highest BCUT2D eigenvalue weighted by molar-refractivity contribution is 9.10. The van der Waals surface area contributed by atoms with Crippen molar-refractivity contribution in [3.05, 3.63) is 52.3 Å². The van der Waals surface area contributed by atoms with E-state index in [0.717, 1.165) is 41.0 Å². The maximum atomic E-state index is 5.49. The number of hydrogen-bond acceptors (Lipinski definition) is 3. The second-order valence-electron chi connectivity index (χ2n) is 4.29. The van der Waals surface area contributed by atoms with Crippen molar-refractivity contribution in [3.63, 3.8) is 0 Å². The average Bonchev–Trinajstić information content (AvgIpc) is 2.84. The van der Waals surface area contributed by atoms with Crippen LogP contribution in [0.1, 0.15) is 11.1 Å². The Balaban J connectivity index is 1.70.